The largest absolute Gasteiger partial charge is 0.494 e. The van der Waals surface area contributed by atoms with E-state index in [9.17, 15) is 9.59 Å². The molecule has 1 aromatic heterocycles. The predicted molar refractivity (Wildman–Crippen MR) is 103 cm³/mol. The number of nitrogens with zero attached hydrogens (tertiary/aromatic N) is 1. The quantitative estimate of drug-likeness (QED) is 0.756. The zero-order chi connectivity index (χ0) is 19.0. The van der Waals surface area contributed by atoms with Crippen molar-refractivity contribution in [3.05, 3.63) is 53.8 Å². The average molecular weight is 364 g/mol. The second kappa shape index (κ2) is 6.79. The molecule has 1 aliphatic heterocycles. The average Bonchev–Trinajstić information content (AvgIpc) is 3.25. The van der Waals surface area contributed by atoms with Crippen LogP contribution in [0.3, 0.4) is 0 Å². The maximum atomic E-state index is 12.7. The zero-order valence-electron chi connectivity index (χ0n) is 15.2. The lowest BCUT2D eigenvalue weighted by Gasteiger charge is -2.19. The lowest BCUT2D eigenvalue weighted by atomic mass is 10.1. The number of rotatable bonds is 4. The highest BCUT2D eigenvalue weighted by molar-refractivity contribution is 6.06. The van der Waals surface area contributed by atoms with Gasteiger partial charge in [0.15, 0.2) is 5.76 Å². The molecule has 1 saturated heterocycles. The Morgan fingerprint density at radius 3 is 2.74 bits per heavy atom. The Kier molecular flexibility index (Phi) is 4.32. The Bertz CT molecular complexity index is 1040. The first-order valence-electron chi connectivity index (χ1n) is 8.86. The third-order valence-corrected chi connectivity index (χ3v) is 4.85. The van der Waals surface area contributed by atoms with Crippen molar-refractivity contribution >= 4 is 34.2 Å². The van der Waals surface area contributed by atoms with Crippen LogP contribution in [-0.4, -0.2) is 25.5 Å². The summed E-state index contributed by atoms with van der Waals surface area (Å²) in [6.07, 6.45) is 1.39. The van der Waals surface area contributed by atoms with Crippen LogP contribution in [0.1, 0.15) is 29.0 Å². The van der Waals surface area contributed by atoms with Gasteiger partial charge in [0.2, 0.25) is 5.91 Å². The van der Waals surface area contributed by atoms with Gasteiger partial charge in [-0.1, -0.05) is 18.2 Å². The number of para-hydroxylation sites is 1. The van der Waals surface area contributed by atoms with Crippen molar-refractivity contribution in [2.24, 2.45) is 0 Å². The van der Waals surface area contributed by atoms with Gasteiger partial charge in [-0.25, -0.2) is 0 Å². The van der Waals surface area contributed by atoms with Gasteiger partial charge in [-0.05, 0) is 31.5 Å². The van der Waals surface area contributed by atoms with Gasteiger partial charge in [0, 0.05) is 35.7 Å². The van der Waals surface area contributed by atoms with Crippen molar-refractivity contribution in [1.29, 1.82) is 0 Å². The Hall–Kier alpha value is -3.28. The van der Waals surface area contributed by atoms with Gasteiger partial charge in [0.1, 0.15) is 11.3 Å². The molecule has 1 aliphatic rings. The van der Waals surface area contributed by atoms with Gasteiger partial charge in [-0.15, -0.1) is 0 Å². The third kappa shape index (κ3) is 3.03. The summed E-state index contributed by atoms with van der Waals surface area (Å²) in [5, 5.41) is 3.77. The molecule has 27 heavy (non-hydrogen) atoms. The molecule has 6 nitrogen and oxygen atoms in total. The molecule has 0 atom stereocenters. The van der Waals surface area contributed by atoms with Crippen molar-refractivity contribution in [2.75, 3.05) is 23.9 Å². The first-order valence-corrected chi connectivity index (χ1v) is 8.86. The highest BCUT2D eigenvalue weighted by Gasteiger charge is 2.25. The van der Waals surface area contributed by atoms with Crippen molar-refractivity contribution in [2.45, 2.75) is 19.8 Å². The number of benzene rings is 2. The summed E-state index contributed by atoms with van der Waals surface area (Å²) in [5.74, 6) is 0.595. The predicted octanol–water partition coefficient (Wildman–Crippen LogP) is 4.13. The van der Waals surface area contributed by atoms with E-state index in [1.807, 2.05) is 31.2 Å². The molecular formula is C21H20N2O4. The Labute approximate surface area is 156 Å². The first kappa shape index (κ1) is 17.1. The van der Waals surface area contributed by atoms with Gasteiger partial charge in [0.05, 0.1) is 12.8 Å². The topological polar surface area (TPSA) is 71.8 Å². The second-order valence-electron chi connectivity index (χ2n) is 6.54. The van der Waals surface area contributed by atoms with Crippen molar-refractivity contribution in [3.8, 4) is 5.75 Å². The molecule has 138 valence electrons. The second-order valence-corrected chi connectivity index (χ2v) is 6.54. The fourth-order valence-corrected chi connectivity index (χ4v) is 3.46. The SMILES string of the molecule is COc1cc(NC(=O)c2oc3ccccc3c2C)ccc1N1CCCC1=O. The number of fused-ring (bicyclic) bond motifs is 1. The van der Waals surface area contributed by atoms with E-state index in [1.54, 1.807) is 30.2 Å². The molecule has 6 heteroatoms. The van der Waals surface area contributed by atoms with Gasteiger partial charge in [0.25, 0.3) is 5.91 Å². The van der Waals surface area contributed by atoms with Gasteiger partial charge in [-0.3, -0.25) is 9.59 Å². The number of carbonyl (C=O) groups is 2. The van der Waals surface area contributed by atoms with E-state index >= 15 is 0 Å². The molecule has 0 radical (unpaired) electrons. The number of nitrogens with one attached hydrogen (secondary N) is 1. The van der Waals surface area contributed by atoms with Crippen LogP contribution in [0.25, 0.3) is 11.0 Å². The lowest BCUT2D eigenvalue weighted by Crippen LogP contribution is -2.24. The van der Waals surface area contributed by atoms with Crippen LogP contribution in [0.2, 0.25) is 0 Å². The van der Waals surface area contributed by atoms with E-state index in [2.05, 4.69) is 5.32 Å². The summed E-state index contributed by atoms with van der Waals surface area (Å²) >= 11 is 0. The standard InChI is InChI=1S/C21H20N2O4/c1-13-15-6-3-4-7-17(15)27-20(13)21(25)22-14-9-10-16(18(12-14)26-2)23-11-5-8-19(23)24/h3-4,6-7,9-10,12H,5,8,11H2,1-2H3,(H,22,25). The summed E-state index contributed by atoms with van der Waals surface area (Å²) in [4.78, 5) is 26.4. The number of amides is 2. The van der Waals surface area contributed by atoms with Crippen LogP contribution in [0.5, 0.6) is 5.75 Å². The van der Waals surface area contributed by atoms with Crippen LogP contribution in [0.15, 0.2) is 46.9 Å². The Morgan fingerprint density at radius 1 is 1.22 bits per heavy atom. The van der Waals surface area contributed by atoms with E-state index in [0.717, 1.165) is 23.1 Å². The molecule has 0 bridgehead atoms. The van der Waals surface area contributed by atoms with Crippen LogP contribution < -0.4 is 15.0 Å². The Morgan fingerprint density at radius 2 is 2.04 bits per heavy atom. The van der Waals surface area contributed by atoms with Crippen molar-refractivity contribution in [1.82, 2.24) is 0 Å². The maximum absolute atomic E-state index is 12.7. The van der Waals surface area contributed by atoms with Crippen LogP contribution >= 0.6 is 0 Å². The normalized spacial score (nSPS) is 14.0. The van der Waals surface area contributed by atoms with E-state index in [1.165, 1.54) is 0 Å². The van der Waals surface area contributed by atoms with Crippen LogP contribution in [0, 0.1) is 6.92 Å². The van der Waals surface area contributed by atoms with Gasteiger partial charge < -0.3 is 19.4 Å². The van der Waals surface area contributed by atoms with E-state index in [-0.39, 0.29) is 17.6 Å². The maximum Gasteiger partial charge on any atom is 0.291 e. The number of hydrogen-bond donors (Lipinski definition) is 1. The summed E-state index contributed by atoms with van der Waals surface area (Å²) < 4.78 is 11.1. The third-order valence-electron chi connectivity index (χ3n) is 4.85. The molecule has 0 saturated carbocycles. The minimum Gasteiger partial charge on any atom is -0.494 e. The molecule has 0 aliphatic carbocycles. The number of anilines is 2. The van der Waals surface area contributed by atoms with Crippen molar-refractivity contribution in [3.63, 3.8) is 0 Å². The summed E-state index contributed by atoms with van der Waals surface area (Å²) in [6, 6.07) is 12.8. The molecule has 2 amide bonds. The molecule has 1 N–H and O–H groups in total. The summed E-state index contributed by atoms with van der Waals surface area (Å²) in [7, 11) is 1.55. The molecule has 4 rings (SSSR count). The number of aryl methyl sites for hydroxylation is 1. The molecule has 2 heterocycles. The zero-order valence-corrected chi connectivity index (χ0v) is 15.2. The fraction of sp³-hybridized carbons (Fsp3) is 0.238. The van der Waals surface area contributed by atoms with Gasteiger partial charge >= 0.3 is 0 Å². The molecule has 0 unspecified atom stereocenters. The molecule has 2 aromatic carbocycles. The minimum atomic E-state index is -0.323. The molecular weight excluding hydrogens is 344 g/mol. The smallest absolute Gasteiger partial charge is 0.291 e. The minimum absolute atomic E-state index is 0.0861. The summed E-state index contributed by atoms with van der Waals surface area (Å²) in [6.45, 7) is 2.54. The first-order chi connectivity index (χ1) is 13.1. The molecule has 3 aromatic rings. The number of ether oxygens (including phenoxy) is 1. The lowest BCUT2D eigenvalue weighted by molar-refractivity contribution is -0.117. The number of furan rings is 1. The summed E-state index contributed by atoms with van der Waals surface area (Å²) in [5.41, 5.74) is 2.78. The van der Waals surface area contributed by atoms with E-state index < -0.39 is 0 Å². The number of carbonyl (C=O) groups excluding carboxylic acids is 2. The highest BCUT2D eigenvalue weighted by Crippen LogP contribution is 2.34. The van der Waals surface area contributed by atoms with E-state index in [0.29, 0.717) is 30.0 Å². The molecule has 1 fully saturated rings. The fourth-order valence-electron chi connectivity index (χ4n) is 3.46. The van der Waals surface area contributed by atoms with E-state index in [4.69, 9.17) is 9.15 Å². The van der Waals surface area contributed by atoms with Crippen LogP contribution in [0.4, 0.5) is 11.4 Å². The number of methoxy groups -OCH3 is 1. The molecule has 0 spiro atoms. The number of hydrogen-bond acceptors (Lipinski definition) is 4. The highest BCUT2D eigenvalue weighted by atomic mass is 16.5. The monoisotopic (exact) mass is 364 g/mol. The van der Waals surface area contributed by atoms with Crippen molar-refractivity contribution < 1.29 is 18.7 Å². The van der Waals surface area contributed by atoms with Crippen LogP contribution in [-0.2, 0) is 4.79 Å². The van der Waals surface area contributed by atoms with Gasteiger partial charge in [-0.2, -0.15) is 0 Å². The Balaban J connectivity index is 1.61.